The lowest BCUT2D eigenvalue weighted by Crippen LogP contribution is -2.43. The molecule has 1 amide bonds. The summed E-state index contributed by atoms with van der Waals surface area (Å²) in [6, 6.07) is 16.4. The van der Waals surface area contributed by atoms with Crippen LogP contribution >= 0.6 is 11.3 Å². The number of anilines is 1. The molecule has 35 heavy (non-hydrogen) atoms. The van der Waals surface area contributed by atoms with E-state index in [1.165, 1.54) is 11.1 Å². The van der Waals surface area contributed by atoms with Gasteiger partial charge in [0.05, 0.1) is 24.4 Å². The summed E-state index contributed by atoms with van der Waals surface area (Å²) in [6.45, 7) is 6.96. The second-order valence-electron chi connectivity index (χ2n) is 9.01. The van der Waals surface area contributed by atoms with E-state index < -0.39 is 0 Å². The molecule has 0 aliphatic carbocycles. The minimum Gasteiger partial charge on any atom is -0.494 e. The molecule has 2 aromatic heterocycles. The summed E-state index contributed by atoms with van der Waals surface area (Å²) in [4.78, 5) is 20.7. The smallest absolute Gasteiger partial charge is 0.224 e. The lowest BCUT2D eigenvalue weighted by Gasteiger charge is -2.31. The highest BCUT2D eigenvalue weighted by molar-refractivity contribution is 7.20. The van der Waals surface area contributed by atoms with Crippen LogP contribution in [-0.4, -0.2) is 46.7 Å². The summed E-state index contributed by atoms with van der Waals surface area (Å²) in [5.74, 6) is 0.982. The topological polar surface area (TPSA) is 71.8 Å². The lowest BCUT2D eigenvalue weighted by atomic mass is 9.97. The number of carbonyl (C=O) groups excluding carboxylic acids is 1. The van der Waals surface area contributed by atoms with Crippen LogP contribution in [0, 0.1) is 12.8 Å². The van der Waals surface area contributed by atoms with Crippen LogP contribution in [0.25, 0.3) is 16.2 Å². The average molecular weight is 490 g/mol. The third-order valence-electron chi connectivity index (χ3n) is 6.39. The lowest BCUT2D eigenvalue weighted by molar-refractivity contribution is -0.125. The fourth-order valence-corrected chi connectivity index (χ4v) is 5.36. The number of carbonyl (C=O) groups is 1. The monoisotopic (exact) mass is 489 g/mol. The fraction of sp³-hybridized carbons (Fsp3) is 0.370. The van der Waals surface area contributed by atoms with Gasteiger partial charge in [-0.15, -0.1) is 5.10 Å². The zero-order valence-electron chi connectivity index (χ0n) is 20.2. The van der Waals surface area contributed by atoms with Crippen LogP contribution in [0.4, 0.5) is 5.13 Å². The van der Waals surface area contributed by atoms with Crippen LogP contribution in [0.5, 0.6) is 5.75 Å². The molecule has 1 fully saturated rings. The average Bonchev–Trinajstić information content (AvgIpc) is 3.46. The van der Waals surface area contributed by atoms with Crippen molar-refractivity contribution < 1.29 is 9.53 Å². The van der Waals surface area contributed by atoms with Gasteiger partial charge in [-0.2, -0.15) is 0 Å². The van der Waals surface area contributed by atoms with Gasteiger partial charge in [0.2, 0.25) is 16.0 Å². The van der Waals surface area contributed by atoms with E-state index in [9.17, 15) is 4.79 Å². The fourth-order valence-electron chi connectivity index (χ4n) is 4.44. The van der Waals surface area contributed by atoms with Gasteiger partial charge < -0.3 is 15.0 Å². The Kier molecular flexibility index (Phi) is 6.99. The minimum absolute atomic E-state index is 0.0246. The van der Waals surface area contributed by atoms with E-state index in [1.54, 1.807) is 11.3 Å². The molecular weight excluding hydrogens is 458 g/mol. The number of benzene rings is 2. The number of fused-ring (bicyclic) bond motifs is 1. The van der Waals surface area contributed by atoms with Crippen LogP contribution in [0.15, 0.2) is 54.7 Å². The van der Waals surface area contributed by atoms with Crippen LogP contribution < -0.4 is 15.0 Å². The Hall–Kier alpha value is -3.39. The van der Waals surface area contributed by atoms with Gasteiger partial charge in [0.1, 0.15) is 5.75 Å². The van der Waals surface area contributed by atoms with Crippen LogP contribution in [0.3, 0.4) is 0 Å². The van der Waals surface area contributed by atoms with Crippen molar-refractivity contribution in [1.29, 1.82) is 0 Å². The van der Waals surface area contributed by atoms with Crippen molar-refractivity contribution in [2.75, 3.05) is 31.1 Å². The Balaban J connectivity index is 1.16. The maximum Gasteiger partial charge on any atom is 0.224 e. The molecule has 1 aliphatic heterocycles. The predicted molar refractivity (Wildman–Crippen MR) is 140 cm³/mol. The first-order valence-corrected chi connectivity index (χ1v) is 13.1. The second kappa shape index (κ2) is 10.5. The van der Waals surface area contributed by atoms with Gasteiger partial charge in [-0.1, -0.05) is 53.3 Å². The van der Waals surface area contributed by atoms with Crippen LogP contribution in [-0.2, 0) is 11.2 Å². The summed E-state index contributed by atoms with van der Waals surface area (Å²) in [5.41, 5.74) is 4.44. The SMILES string of the molecule is CCOc1ccc(CCNC(=O)[C@@H]2CCCN(c3nn4cc(-c5ccc(C)cc5)nc4s3)C2)cc1. The van der Waals surface area contributed by atoms with Crippen molar-refractivity contribution in [1.82, 2.24) is 19.9 Å². The summed E-state index contributed by atoms with van der Waals surface area (Å²) < 4.78 is 7.35. The third kappa shape index (κ3) is 5.48. The Labute approximate surface area is 209 Å². The van der Waals surface area contributed by atoms with Gasteiger partial charge in [0.15, 0.2) is 0 Å². The van der Waals surface area contributed by atoms with E-state index in [0.717, 1.165) is 52.9 Å². The molecule has 7 nitrogen and oxygen atoms in total. The second-order valence-corrected chi connectivity index (χ2v) is 9.94. The van der Waals surface area contributed by atoms with Crippen molar-refractivity contribution in [2.24, 2.45) is 5.92 Å². The largest absolute Gasteiger partial charge is 0.494 e. The molecule has 1 saturated heterocycles. The van der Waals surface area contributed by atoms with Crippen molar-refractivity contribution >= 4 is 27.3 Å². The van der Waals surface area contributed by atoms with E-state index in [-0.39, 0.29) is 11.8 Å². The number of aromatic nitrogens is 3. The van der Waals surface area contributed by atoms with Gasteiger partial charge in [0.25, 0.3) is 0 Å². The predicted octanol–water partition coefficient (Wildman–Crippen LogP) is 4.74. The van der Waals surface area contributed by atoms with Crippen molar-refractivity contribution in [3.8, 4) is 17.0 Å². The van der Waals surface area contributed by atoms with E-state index in [4.69, 9.17) is 14.8 Å². The molecule has 8 heteroatoms. The molecule has 2 aromatic carbocycles. The highest BCUT2D eigenvalue weighted by Crippen LogP contribution is 2.30. The molecular formula is C27H31N5O2S. The van der Waals surface area contributed by atoms with Crippen LogP contribution in [0.2, 0.25) is 0 Å². The molecule has 182 valence electrons. The molecule has 0 unspecified atom stereocenters. The number of amides is 1. The zero-order chi connectivity index (χ0) is 24.2. The van der Waals surface area contributed by atoms with E-state index in [0.29, 0.717) is 19.7 Å². The number of aryl methyl sites for hydroxylation is 1. The van der Waals surface area contributed by atoms with Gasteiger partial charge in [-0.05, 0) is 50.8 Å². The number of nitrogens with zero attached hydrogens (tertiary/aromatic N) is 4. The van der Waals surface area contributed by atoms with E-state index >= 15 is 0 Å². The van der Waals surface area contributed by atoms with Gasteiger partial charge >= 0.3 is 0 Å². The molecule has 0 spiro atoms. The zero-order valence-corrected chi connectivity index (χ0v) is 21.1. The molecule has 1 atom stereocenters. The first-order valence-electron chi connectivity index (χ1n) is 12.3. The molecule has 3 heterocycles. The van der Waals surface area contributed by atoms with E-state index in [1.807, 2.05) is 29.8 Å². The third-order valence-corrected chi connectivity index (χ3v) is 7.37. The Morgan fingerprint density at radius 1 is 1.17 bits per heavy atom. The van der Waals surface area contributed by atoms with Crippen molar-refractivity contribution in [3.05, 3.63) is 65.9 Å². The van der Waals surface area contributed by atoms with Crippen molar-refractivity contribution in [3.63, 3.8) is 0 Å². The Bertz CT molecular complexity index is 1250. The highest BCUT2D eigenvalue weighted by Gasteiger charge is 2.27. The van der Waals surface area contributed by atoms with Gasteiger partial charge in [-0.25, -0.2) is 9.50 Å². The summed E-state index contributed by atoms with van der Waals surface area (Å²) in [6.07, 6.45) is 4.68. The quantitative estimate of drug-likeness (QED) is 0.387. The number of imidazole rings is 1. The number of rotatable bonds is 8. The summed E-state index contributed by atoms with van der Waals surface area (Å²) >= 11 is 1.58. The molecule has 5 rings (SSSR count). The highest BCUT2D eigenvalue weighted by atomic mass is 32.1. The van der Waals surface area contributed by atoms with Crippen molar-refractivity contribution in [2.45, 2.75) is 33.1 Å². The summed E-state index contributed by atoms with van der Waals surface area (Å²) in [7, 11) is 0. The maximum atomic E-state index is 12.9. The molecule has 0 bridgehead atoms. The Morgan fingerprint density at radius 2 is 1.97 bits per heavy atom. The first kappa shape index (κ1) is 23.4. The molecule has 1 aliphatic rings. The van der Waals surface area contributed by atoms with Gasteiger partial charge in [0, 0.05) is 25.2 Å². The number of hydrogen-bond donors (Lipinski definition) is 1. The molecule has 0 saturated carbocycles. The number of nitrogens with one attached hydrogen (secondary N) is 1. The standard InChI is InChI=1S/C27H31N5O2S/c1-3-34-23-12-8-20(9-13-23)14-15-28-25(33)22-5-4-16-31(17-22)27-30-32-18-24(29-26(32)35-27)21-10-6-19(2)7-11-21/h6-13,18,22H,3-5,14-17H2,1-2H3,(H,28,33)/t22-/m1/s1. The normalized spacial score (nSPS) is 15.9. The summed E-state index contributed by atoms with van der Waals surface area (Å²) in [5, 5.41) is 8.83. The molecule has 0 radical (unpaired) electrons. The number of hydrogen-bond acceptors (Lipinski definition) is 6. The minimum atomic E-state index is -0.0246. The molecule has 1 N–H and O–H groups in total. The number of ether oxygens (including phenoxy) is 1. The van der Waals surface area contributed by atoms with Crippen LogP contribution in [0.1, 0.15) is 30.9 Å². The Morgan fingerprint density at radius 3 is 2.71 bits per heavy atom. The first-order chi connectivity index (χ1) is 17.1. The molecule has 4 aromatic rings. The van der Waals surface area contributed by atoms with E-state index in [2.05, 4.69) is 53.5 Å². The number of piperidine rings is 1. The van der Waals surface area contributed by atoms with Gasteiger partial charge in [-0.3, -0.25) is 4.79 Å². The maximum absolute atomic E-state index is 12.9.